The molecule has 0 aromatic heterocycles. The number of rotatable bonds is 6. The number of carbonyl (C=O) groups excluding carboxylic acids is 1. The van der Waals surface area contributed by atoms with Gasteiger partial charge in [0.05, 0.1) is 12.2 Å². The first-order valence-electron chi connectivity index (χ1n) is 7.08. The summed E-state index contributed by atoms with van der Waals surface area (Å²) in [6.45, 7) is 2.08. The topological polar surface area (TPSA) is 58.6 Å². The van der Waals surface area contributed by atoms with Gasteiger partial charge in [-0.15, -0.1) is 0 Å². The number of para-hydroxylation sites is 1. The summed E-state index contributed by atoms with van der Waals surface area (Å²) < 4.78 is 19.0. The molecule has 1 amide bonds. The van der Waals surface area contributed by atoms with Crippen molar-refractivity contribution in [1.82, 2.24) is 0 Å². The first-order valence-corrected chi connectivity index (χ1v) is 7.08. The molecule has 5 heteroatoms. The van der Waals surface area contributed by atoms with Gasteiger partial charge in [0.1, 0.15) is 0 Å². The van der Waals surface area contributed by atoms with Gasteiger partial charge in [-0.3, -0.25) is 4.79 Å². The fourth-order valence-corrected chi connectivity index (χ4v) is 2.06. The molecular formula is C17H18FNO3. The van der Waals surface area contributed by atoms with Gasteiger partial charge >= 0.3 is 0 Å². The molecule has 2 N–H and O–H groups in total. The highest BCUT2D eigenvalue weighted by atomic mass is 19.1. The number of halogens is 1. The molecule has 0 spiro atoms. The van der Waals surface area contributed by atoms with Gasteiger partial charge in [0.25, 0.3) is 5.91 Å². The fraction of sp³-hybridized carbons (Fsp3) is 0.235. The van der Waals surface area contributed by atoms with Gasteiger partial charge in [0.15, 0.2) is 11.6 Å². The maximum Gasteiger partial charge on any atom is 0.259 e. The van der Waals surface area contributed by atoms with E-state index >= 15 is 0 Å². The quantitative estimate of drug-likeness (QED) is 0.862. The lowest BCUT2D eigenvalue weighted by molar-refractivity contribution is 0.102. The van der Waals surface area contributed by atoms with E-state index in [0.717, 1.165) is 5.56 Å². The lowest BCUT2D eigenvalue weighted by Gasteiger charge is -2.11. The number of benzene rings is 2. The van der Waals surface area contributed by atoms with Crippen molar-refractivity contribution in [3.8, 4) is 5.75 Å². The Morgan fingerprint density at radius 2 is 1.95 bits per heavy atom. The lowest BCUT2D eigenvalue weighted by atomic mass is 10.1. The van der Waals surface area contributed by atoms with E-state index in [1.807, 2.05) is 12.1 Å². The number of carbonyl (C=O) groups is 1. The van der Waals surface area contributed by atoms with E-state index in [4.69, 9.17) is 9.84 Å². The number of ether oxygens (including phenoxy) is 1. The molecule has 2 rings (SSSR count). The minimum atomic E-state index is -0.562. The zero-order valence-electron chi connectivity index (χ0n) is 12.3. The highest BCUT2D eigenvalue weighted by Gasteiger charge is 2.16. The van der Waals surface area contributed by atoms with Crippen molar-refractivity contribution in [3.05, 3.63) is 59.4 Å². The number of nitrogens with one attached hydrogen (secondary N) is 1. The van der Waals surface area contributed by atoms with Gasteiger partial charge in [-0.05, 0) is 43.2 Å². The zero-order valence-corrected chi connectivity index (χ0v) is 12.3. The third kappa shape index (κ3) is 3.83. The molecule has 0 heterocycles. The molecule has 2 aromatic carbocycles. The van der Waals surface area contributed by atoms with Gasteiger partial charge < -0.3 is 15.2 Å². The highest BCUT2D eigenvalue weighted by molar-refractivity contribution is 6.06. The Morgan fingerprint density at radius 3 is 2.59 bits per heavy atom. The molecule has 0 saturated carbocycles. The largest absolute Gasteiger partial charge is 0.490 e. The molecule has 0 unspecified atom stereocenters. The zero-order chi connectivity index (χ0) is 15.9. The summed E-state index contributed by atoms with van der Waals surface area (Å²) in [7, 11) is 0. The summed E-state index contributed by atoms with van der Waals surface area (Å²) in [6.07, 6.45) is 0.562. The van der Waals surface area contributed by atoms with Crippen molar-refractivity contribution in [2.75, 3.05) is 18.5 Å². The predicted molar refractivity (Wildman–Crippen MR) is 82.8 cm³/mol. The van der Waals surface area contributed by atoms with Crippen molar-refractivity contribution in [2.24, 2.45) is 0 Å². The summed E-state index contributed by atoms with van der Waals surface area (Å²) in [6, 6.07) is 11.4. The molecule has 116 valence electrons. The summed E-state index contributed by atoms with van der Waals surface area (Å²) in [5.74, 6) is -1.04. The van der Waals surface area contributed by atoms with E-state index in [1.54, 1.807) is 19.1 Å². The second-order valence-corrected chi connectivity index (χ2v) is 4.67. The Balaban J connectivity index is 2.17. The van der Waals surface area contributed by atoms with E-state index < -0.39 is 11.7 Å². The molecule has 22 heavy (non-hydrogen) atoms. The van der Waals surface area contributed by atoms with Crippen molar-refractivity contribution in [1.29, 1.82) is 0 Å². The molecule has 0 aliphatic carbocycles. The molecular weight excluding hydrogens is 285 g/mol. The number of hydrogen-bond donors (Lipinski definition) is 2. The molecule has 0 bridgehead atoms. The van der Waals surface area contributed by atoms with Crippen LogP contribution in [0.4, 0.5) is 10.1 Å². The van der Waals surface area contributed by atoms with Gasteiger partial charge in [-0.1, -0.05) is 18.2 Å². The van der Waals surface area contributed by atoms with Crippen molar-refractivity contribution >= 4 is 11.6 Å². The third-order valence-corrected chi connectivity index (χ3v) is 3.11. The van der Waals surface area contributed by atoms with E-state index in [1.165, 1.54) is 18.2 Å². The monoisotopic (exact) mass is 303 g/mol. The molecule has 0 radical (unpaired) electrons. The molecule has 0 saturated heterocycles. The number of aliphatic hydroxyl groups excluding tert-OH is 1. The molecule has 2 aromatic rings. The second kappa shape index (κ2) is 7.56. The van der Waals surface area contributed by atoms with Gasteiger partial charge in [0.2, 0.25) is 0 Å². The number of aliphatic hydroxyl groups is 1. The predicted octanol–water partition coefficient (Wildman–Crippen LogP) is 3.01. The standard InChI is InChI=1S/C17H18FNO3/c1-2-22-16-14(4-3-5-15(16)18)17(21)19-13-8-6-12(7-9-13)10-11-20/h3-9,20H,2,10-11H2,1H3,(H,19,21). The Labute approximate surface area is 128 Å². The third-order valence-electron chi connectivity index (χ3n) is 3.11. The normalized spacial score (nSPS) is 10.3. The van der Waals surface area contributed by atoms with Crippen LogP contribution in [-0.2, 0) is 6.42 Å². The minimum Gasteiger partial charge on any atom is -0.490 e. The van der Waals surface area contributed by atoms with Crippen LogP contribution in [0.25, 0.3) is 0 Å². The Morgan fingerprint density at radius 1 is 1.23 bits per heavy atom. The summed E-state index contributed by atoms with van der Waals surface area (Å²) >= 11 is 0. The van der Waals surface area contributed by atoms with Crippen LogP contribution in [0.15, 0.2) is 42.5 Å². The maximum absolute atomic E-state index is 13.7. The molecule has 0 aliphatic rings. The van der Waals surface area contributed by atoms with E-state index in [2.05, 4.69) is 5.32 Å². The van der Waals surface area contributed by atoms with Crippen LogP contribution in [0.1, 0.15) is 22.8 Å². The molecule has 0 atom stereocenters. The van der Waals surface area contributed by atoms with Gasteiger partial charge in [0, 0.05) is 12.3 Å². The number of amides is 1. The fourth-order valence-electron chi connectivity index (χ4n) is 2.06. The van der Waals surface area contributed by atoms with Crippen LogP contribution in [0, 0.1) is 5.82 Å². The van der Waals surface area contributed by atoms with E-state index in [-0.39, 0.29) is 24.5 Å². The van der Waals surface area contributed by atoms with Crippen molar-refractivity contribution in [3.63, 3.8) is 0 Å². The SMILES string of the molecule is CCOc1c(F)cccc1C(=O)Nc1ccc(CCO)cc1. The first-order chi connectivity index (χ1) is 10.7. The number of hydrogen-bond acceptors (Lipinski definition) is 3. The molecule has 0 aliphatic heterocycles. The Bertz CT molecular complexity index is 641. The molecule has 4 nitrogen and oxygen atoms in total. The van der Waals surface area contributed by atoms with Crippen LogP contribution in [0.3, 0.4) is 0 Å². The van der Waals surface area contributed by atoms with Crippen LogP contribution >= 0.6 is 0 Å². The average Bonchev–Trinajstić information content (AvgIpc) is 2.51. The van der Waals surface area contributed by atoms with Crippen LogP contribution in [0.2, 0.25) is 0 Å². The average molecular weight is 303 g/mol. The smallest absolute Gasteiger partial charge is 0.259 e. The first kappa shape index (κ1) is 16.0. The van der Waals surface area contributed by atoms with Crippen LogP contribution < -0.4 is 10.1 Å². The Kier molecular flexibility index (Phi) is 5.49. The van der Waals surface area contributed by atoms with Crippen LogP contribution in [0.5, 0.6) is 5.75 Å². The number of anilines is 1. The summed E-state index contributed by atoms with van der Waals surface area (Å²) in [4.78, 5) is 12.3. The summed E-state index contributed by atoms with van der Waals surface area (Å²) in [5.41, 5.74) is 1.72. The van der Waals surface area contributed by atoms with Gasteiger partial charge in [-0.25, -0.2) is 4.39 Å². The van der Waals surface area contributed by atoms with Crippen molar-refractivity contribution in [2.45, 2.75) is 13.3 Å². The second-order valence-electron chi connectivity index (χ2n) is 4.67. The minimum absolute atomic E-state index is 0.0422. The lowest BCUT2D eigenvalue weighted by Crippen LogP contribution is -2.14. The molecule has 0 fully saturated rings. The van der Waals surface area contributed by atoms with Gasteiger partial charge in [-0.2, -0.15) is 0 Å². The van der Waals surface area contributed by atoms with Crippen LogP contribution in [-0.4, -0.2) is 24.2 Å². The maximum atomic E-state index is 13.7. The highest BCUT2D eigenvalue weighted by Crippen LogP contribution is 2.24. The van der Waals surface area contributed by atoms with E-state index in [9.17, 15) is 9.18 Å². The van der Waals surface area contributed by atoms with Crippen molar-refractivity contribution < 1.29 is 19.0 Å². The van der Waals surface area contributed by atoms with E-state index in [0.29, 0.717) is 12.1 Å². The Hall–Kier alpha value is -2.40. The summed E-state index contributed by atoms with van der Waals surface area (Å²) in [5, 5.41) is 11.6.